The molecule has 4 aromatic rings. The molecular formula is C27H33NOSi. The van der Waals surface area contributed by atoms with E-state index in [0.29, 0.717) is 5.92 Å². The van der Waals surface area contributed by atoms with Gasteiger partial charge in [0.05, 0.1) is 13.8 Å². The second-order valence-corrected chi connectivity index (χ2v) is 14.7. The van der Waals surface area contributed by atoms with Crippen LogP contribution in [0.3, 0.4) is 0 Å². The van der Waals surface area contributed by atoms with Gasteiger partial charge < -0.3 is 4.42 Å². The summed E-state index contributed by atoms with van der Waals surface area (Å²) in [4.78, 5) is 4.76. The van der Waals surface area contributed by atoms with Gasteiger partial charge in [-0.15, -0.1) is 0 Å². The van der Waals surface area contributed by atoms with E-state index in [0.717, 1.165) is 35.3 Å². The first kappa shape index (κ1) is 20.9. The van der Waals surface area contributed by atoms with Crippen LogP contribution in [0.4, 0.5) is 0 Å². The van der Waals surface area contributed by atoms with E-state index in [2.05, 4.69) is 83.7 Å². The van der Waals surface area contributed by atoms with Crippen molar-refractivity contribution < 1.29 is 4.42 Å². The number of rotatable bonds is 5. The summed E-state index contributed by atoms with van der Waals surface area (Å²) in [7, 11) is -1.56. The predicted molar refractivity (Wildman–Crippen MR) is 133 cm³/mol. The third kappa shape index (κ3) is 3.49. The summed E-state index contributed by atoms with van der Waals surface area (Å²) in [6.45, 7) is 16.1. The normalized spacial score (nSPS) is 12.4. The van der Waals surface area contributed by atoms with Gasteiger partial charge in [0.1, 0.15) is 11.2 Å². The largest absolute Gasteiger partial charge is 0.455 e. The smallest absolute Gasteiger partial charge is 0.144 e. The maximum absolute atomic E-state index is 6.59. The highest BCUT2D eigenvalue weighted by molar-refractivity contribution is 6.90. The van der Waals surface area contributed by atoms with Crippen LogP contribution >= 0.6 is 0 Å². The van der Waals surface area contributed by atoms with Crippen molar-refractivity contribution >= 4 is 35.2 Å². The number of furan rings is 1. The van der Waals surface area contributed by atoms with E-state index in [9.17, 15) is 0 Å². The molecule has 4 rings (SSSR count). The monoisotopic (exact) mass is 415 g/mol. The minimum Gasteiger partial charge on any atom is -0.455 e. The van der Waals surface area contributed by atoms with Crippen LogP contribution in [-0.4, -0.2) is 13.1 Å². The first-order valence-electron chi connectivity index (χ1n) is 11.2. The van der Waals surface area contributed by atoms with E-state index in [1.165, 1.54) is 32.6 Å². The Labute approximate surface area is 181 Å². The Bertz CT molecular complexity index is 1230. The number of pyridine rings is 1. The summed E-state index contributed by atoms with van der Waals surface area (Å²) in [5, 5.41) is 4.00. The Morgan fingerprint density at radius 2 is 1.67 bits per heavy atom. The molecule has 2 aromatic heterocycles. The Balaban J connectivity index is 2.06. The van der Waals surface area contributed by atoms with Crippen LogP contribution in [0.5, 0.6) is 0 Å². The molecule has 0 amide bonds. The molecule has 2 nitrogen and oxygen atoms in total. The van der Waals surface area contributed by atoms with Crippen LogP contribution in [0.25, 0.3) is 33.2 Å². The lowest BCUT2D eigenvalue weighted by atomic mass is 9.93. The van der Waals surface area contributed by atoms with Gasteiger partial charge in [0, 0.05) is 22.5 Å². The molecule has 0 aliphatic heterocycles. The topological polar surface area (TPSA) is 26.0 Å². The Morgan fingerprint density at radius 3 is 2.33 bits per heavy atom. The van der Waals surface area contributed by atoms with E-state index in [4.69, 9.17) is 9.40 Å². The van der Waals surface area contributed by atoms with Gasteiger partial charge in [0.2, 0.25) is 0 Å². The molecule has 156 valence electrons. The van der Waals surface area contributed by atoms with Crippen LogP contribution in [-0.2, 0) is 0 Å². The molecular weight excluding hydrogens is 382 g/mol. The molecule has 0 fully saturated rings. The highest BCUT2D eigenvalue weighted by atomic mass is 28.3. The summed E-state index contributed by atoms with van der Waals surface area (Å²) in [6.07, 6.45) is 4.25. The summed E-state index contributed by atoms with van der Waals surface area (Å²) in [5.74, 6) is 0.573. The number of aryl methyl sites for hydroxylation is 2. The highest BCUT2D eigenvalue weighted by Gasteiger charge is 2.25. The molecule has 0 radical (unpaired) electrons. The zero-order valence-electron chi connectivity index (χ0n) is 19.4. The third-order valence-corrected chi connectivity index (χ3v) is 8.41. The minimum atomic E-state index is -1.56. The average Bonchev–Trinajstić information content (AvgIpc) is 3.07. The maximum atomic E-state index is 6.59. The van der Waals surface area contributed by atoms with E-state index in [-0.39, 0.29) is 0 Å². The van der Waals surface area contributed by atoms with E-state index in [1.54, 1.807) is 0 Å². The predicted octanol–water partition coefficient (Wildman–Crippen LogP) is 7.71. The summed E-state index contributed by atoms with van der Waals surface area (Å²) in [6, 6.07) is 13.5. The number of aromatic nitrogens is 1. The third-order valence-electron chi connectivity index (χ3n) is 6.38. The van der Waals surface area contributed by atoms with Gasteiger partial charge in [-0.2, -0.15) is 0 Å². The van der Waals surface area contributed by atoms with E-state index in [1.807, 2.05) is 6.20 Å². The number of hydrogen-bond donors (Lipinski definition) is 0. The average molecular weight is 416 g/mol. The molecule has 0 unspecified atom stereocenters. The lowest BCUT2D eigenvalue weighted by Crippen LogP contribution is -2.37. The number of hydrogen-bond acceptors (Lipinski definition) is 2. The van der Waals surface area contributed by atoms with Gasteiger partial charge in [-0.05, 0) is 78.7 Å². The first-order chi connectivity index (χ1) is 14.2. The van der Waals surface area contributed by atoms with Crippen LogP contribution in [0.15, 0.2) is 47.0 Å². The van der Waals surface area contributed by atoms with Crippen molar-refractivity contribution in [2.45, 2.75) is 66.1 Å². The quantitative estimate of drug-likeness (QED) is 0.312. The second kappa shape index (κ2) is 7.70. The van der Waals surface area contributed by atoms with Crippen LogP contribution in [0, 0.1) is 13.8 Å². The van der Waals surface area contributed by atoms with Crippen molar-refractivity contribution in [2.75, 3.05) is 0 Å². The molecule has 0 aliphatic carbocycles. The van der Waals surface area contributed by atoms with Crippen molar-refractivity contribution in [1.82, 2.24) is 4.98 Å². The van der Waals surface area contributed by atoms with Gasteiger partial charge in [-0.25, -0.2) is 0 Å². The molecule has 0 N–H and O–H groups in total. The SMILES string of the molecule is CCC(CC)c1ccnc(-c2ccc([Si](C)(C)C)c3c2oc2c(C)cc(C)cc23)c1. The molecule has 0 saturated carbocycles. The van der Waals surface area contributed by atoms with Gasteiger partial charge in [0.25, 0.3) is 0 Å². The van der Waals surface area contributed by atoms with Crippen molar-refractivity contribution in [3.63, 3.8) is 0 Å². The molecule has 0 aliphatic rings. The van der Waals surface area contributed by atoms with E-state index < -0.39 is 8.07 Å². The Morgan fingerprint density at radius 1 is 0.933 bits per heavy atom. The molecule has 2 aromatic carbocycles. The molecule has 0 bridgehead atoms. The van der Waals surface area contributed by atoms with Crippen molar-refractivity contribution in [3.05, 3.63) is 59.3 Å². The second-order valence-electron chi connectivity index (χ2n) is 9.66. The molecule has 0 atom stereocenters. The fourth-order valence-electron chi connectivity index (χ4n) is 4.77. The number of nitrogens with zero attached hydrogens (tertiary/aromatic N) is 1. The molecule has 0 spiro atoms. The Hall–Kier alpha value is -2.39. The molecule has 2 heterocycles. The van der Waals surface area contributed by atoms with Crippen LogP contribution < -0.4 is 5.19 Å². The first-order valence-corrected chi connectivity index (χ1v) is 14.7. The van der Waals surface area contributed by atoms with Gasteiger partial charge in [0.15, 0.2) is 0 Å². The maximum Gasteiger partial charge on any atom is 0.144 e. The van der Waals surface area contributed by atoms with Gasteiger partial charge >= 0.3 is 0 Å². The van der Waals surface area contributed by atoms with Gasteiger partial charge in [-0.3, -0.25) is 4.98 Å². The van der Waals surface area contributed by atoms with Crippen molar-refractivity contribution in [3.8, 4) is 11.3 Å². The zero-order valence-corrected chi connectivity index (χ0v) is 20.4. The summed E-state index contributed by atoms with van der Waals surface area (Å²) < 4.78 is 6.59. The highest BCUT2D eigenvalue weighted by Crippen LogP contribution is 2.38. The summed E-state index contributed by atoms with van der Waals surface area (Å²) >= 11 is 0. The van der Waals surface area contributed by atoms with Crippen LogP contribution in [0.1, 0.15) is 49.3 Å². The minimum absolute atomic E-state index is 0.573. The fraction of sp³-hybridized carbons (Fsp3) is 0.370. The van der Waals surface area contributed by atoms with Gasteiger partial charge in [-0.1, -0.05) is 45.6 Å². The Kier molecular flexibility index (Phi) is 5.35. The molecule has 30 heavy (non-hydrogen) atoms. The summed E-state index contributed by atoms with van der Waals surface area (Å²) in [5.41, 5.74) is 7.98. The van der Waals surface area contributed by atoms with E-state index >= 15 is 0 Å². The zero-order chi connectivity index (χ0) is 21.6. The van der Waals surface area contributed by atoms with Crippen molar-refractivity contribution in [1.29, 1.82) is 0 Å². The number of fused-ring (bicyclic) bond motifs is 3. The number of benzene rings is 2. The van der Waals surface area contributed by atoms with Crippen LogP contribution in [0.2, 0.25) is 19.6 Å². The lowest BCUT2D eigenvalue weighted by molar-refractivity contribution is 0.641. The standard InChI is InChI=1S/C27H33NOSi/c1-8-19(9-2)20-12-13-28-23(16-20)21-10-11-24(30(5,6)7)25-22-15-17(3)14-18(4)26(22)29-27(21)25/h10-16,19H,8-9H2,1-7H3. The van der Waals surface area contributed by atoms with Crippen molar-refractivity contribution in [2.24, 2.45) is 0 Å². The molecule has 0 saturated heterocycles. The fourth-order valence-corrected chi connectivity index (χ4v) is 6.35. The molecule has 3 heteroatoms. The lowest BCUT2D eigenvalue weighted by Gasteiger charge is -2.19.